The van der Waals surface area contributed by atoms with Crippen molar-refractivity contribution in [3.8, 4) is 5.69 Å². The van der Waals surface area contributed by atoms with Crippen molar-refractivity contribution in [3.05, 3.63) is 76.6 Å². The fourth-order valence-electron chi connectivity index (χ4n) is 2.59. The van der Waals surface area contributed by atoms with E-state index in [1.807, 2.05) is 55.5 Å². The van der Waals surface area contributed by atoms with E-state index in [9.17, 15) is 9.59 Å². The van der Waals surface area contributed by atoms with Gasteiger partial charge in [-0.25, -0.2) is 9.48 Å². The van der Waals surface area contributed by atoms with Crippen LogP contribution in [0.5, 0.6) is 0 Å². The highest BCUT2D eigenvalue weighted by atomic mass is 35.5. The number of para-hydroxylation sites is 1. The zero-order chi connectivity index (χ0) is 19.4. The highest BCUT2D eigenvalue weighted by Crippen LogP contribution is 2.24. The van der Waals surface area contributed by atoms with Gasteiger partial charge in [0.15, 0.2) is 6.61 Å². The first-order chi connectivity index (χ1) is 13.0. The number of aryl methyl sites for hydroxylation is 2. The van der Waals surface area contributed by atoms with Crippen molar-refractivity contribution >= 4 is 29.2 Å². The number of benzene rings is 2. The lowest BCUT2D eigenvalue weighted by Gasteiger charge is -2.07. The molecule has 7 heteroatoms. The third-order valence-electron chi connectivity index (χ3n) is 3.85. The van der Waals surface area contributed by atoms with Crippen LogP contribution in [0.4, 0.5) is 5.69 Å². The van der Waals surface area contributed by atoms with E-state index in [1.165, 1.54) is 4.68 Å². The summed E-state index contributed by atoms with van der Waals surface area (Å²) in [5.74, 6) is -1.13. The number of hydrogen-bond acceptors (Lipinski definition) is 4. The van der Waals surface area contributed by atoms with Crippen LogP contribution in [-0.2, 0) is 9.53 Å². The number of anilines is 1. The maximum Gasteiger partial charge on any atom is 0.343 e. The lowest BCUT2D eigenvalue weighted by Crippen LogP contribution is -2.21. The van der Waals surface area contributed by atoms with E-state index < -0.39 is 18.5 Å². The third kappa shape index (κ3) is 4.35. The molecule has 0 fully saturated rings. The predicted octanol–water partition coefficient (Wildman–Crippen LogP) is 3.94. The van der Waals surface area contributed by atoms with Gasteiger partial charge in [-0.05, 0) is 43.7 Å². The first-order valence-corrected chi connectivity index (χ1v) is 8.67. The van der Waals surface area contributed by atoms with Gasteiger partial charge < -0.3 is 10.1 Å². The second kappa shape index (κ2) is 8.05. The Morgan fingerprint density at radius 3 is 2.56 bits per heavy atom. The predicted molar refractivity (Wildman–Crippen MR) is 103 cm³/mol. The van der Waals surface area contributed by atoms with Crippen LogP contribution in [0.15, 0.2) is 54.6 Å². The highest BCUT2D eigenvalue weighted by molar-refractivity contribution is 6.33. The number of hydrogen-bond donors (Lipinski definition) is 1. The summed E-state index contributed by atoms with van der Waals surface area (Å²) in [5.41, 5.74) is 2.95. The van der Waals surface area contributed by atoms with Gasteiger partial charge in [-0.2, -0.15) is 5.10 Å². The molecule has 0 radical (unpaired) electrons. The number of nitrogens with one attached hydrogen (secondary N) is 1. The van der Waals surface area contributed by atoms with E-state index in [0.717, 1.165) is 11.3 Å². The minimum atomic E-state index is -0.695. The van der Waals surface area contributed by atoms with E-state index in [0.29, 0.717) is 11.4 Å². The highest BCUT2D eigenvalue weighted by Gasteiger charge is 2.23. The van der Waals surface area contributed by atoms with Crippen molar-refractivity contribution in [2.75, 3.05) is 11.9 Å². The largest absolute Gasteiger partial charge is 0.452 e. The SMILES string of the molecule is Cc1cccc(NC(=O)COC(=O)c2c(C)nn(-c3ccccc3)c2Cl)c1. The molecule has 1 N–H and O–H groups in total. The van der Waals surface area contributed by atoms with Crippen molar-refractivity contribution in [3.63, 3.8) is 0 Å². The fourth-order valence-corrected chi connectivity index (χ4v) is 2.94. The van der Waals surface area contributed by atoms with Gasteiger partial charge in [-0.1, -0.05) is 41.9 Å². The smallest absolute Gasteiger partial charge is 0.343 e. The lowest BCUT2D eigenvalue weighted by atomic mass is 10.2. The summed E-state index contributed by atoms with van der Waals surface area (Å²) in [5, 5.41) is 7.11. The molecule has 3 rings (SSSR count). The average molecular weight is 384 g/mol. The molecular formula is C20H18ClN3O3. The summed E-state index contributed by atoms with van der Waals surface area (Å²) in [6.07, 6.45) is 0. The molecule has 0 unspecified atom stereocenters. The molecule has 1 aromatic heterocycles. The van der Waals surface area contributed by atoms with Gasteiger partial charge in [0.1, 0.15) is 10.7 Å². The van der Waals surface area contributed by atoms with E-state index in [-0.39, 0.29) is 10.7 Å². The molecule has 3 aromatic rings. The molecule has 0 spiro atoms. The number of esters is 1. The minimum absolute atomic E-state index is 0.141. The molecule has 0 aliphatic rings. The number of amides is 1. The lowest BCUT2D eigenvalue weighted by molar-refractivity contribution is -0.119. The summed E-state index contributed by atoms with van der Waals surface area (Å²) in [4.78, 5) is 24.4. The summed E-state index contributed by atoms with van der Waals surface area (Å²) in [6.45, 7) is 3.17. The van der Waals surface area contributed by atoms with Gasteiger partial charge in [-0.3, -0.25) is 4.79 Å². The number of rotatable bonds is 5. The maximum atomic E-state index is 12.4. The Bertz CT molecular complexity index is 983. The van der Waals surface area contributed by atoms with Gasteiger partial charge in [0.05, 0.1) is 11.4 Å². The van der Waals surface area contributed by atoms with Crippen LogP contribution in [0, 0.1) is 13.8 Å². The van der Waals surface area contributed by atoms with Crippen LogP contribution in [0.3, 0.4) is 0 Å². The summed E-state index contributed by atoms with van der Waals surface area (Å²) < 4.78 is 6.57. The molecule has 138 valence electrons. The van der Waals surface area contributed by atoms with Gasteiger partial charge in [0, 0.05) is 5.69 Å². The van der Waals surface area contributed by atoms with Gasteiger partial charge in [-0.15, -0.1) is 0 Å². The number of nitrogens with zero attached hydrogens (tertiary/aromatic N) is 2. The van der Waals surface area contributed by atoms with Crippen LogP contribution in [0.1, 0.15) is 21.6 Å². The van der Waals surface area contributed by atoms with Crippen LogP contribution in [-0.4, -0.2) is 28.3 Å². The van der Waals surface area contributed by atoms with Crippen molar-refractivity contribution in [1.29, 1.82) is 0 Å². The van der Waals surface area contributed by atoms with Gasteiger partial charge in [0.2, 0.25) is 0 Å². The average Bonchev–Trinajstić information content (AvgIpc) is 2.95. The topological polar surface area (TPSA) is 73.2 Å². The Morgan fingerprint density at radius 1 is 1.11 bits per heavy atom. The summed E-state index contributed by atoms with van der Waals surface area (Å²) in [7, 11) is 0. The number of carbonyl (C=O) groups excluding carboxylic acids is 2. The molecule has 0 saturated heterocycles. The van der Waals surface area contributed by atoms with Crippen LogP contribution in [0.2, 0.25) is 5.15 Å². The van der Waals surface area contributed by atoms with Crippen LogP contribution >= 0.6 is 11.6 Å². The van der Waals surface area contributed by atoms with Gasteiger partial charge >= 0.3 is 5.97 Å². The Balaban J connectivity index is 1.68. The second-order valence-electron chi connectivity index (χ2n) is 5.99. The number of aromatic nitrogens is 2. The first-order valence-electron chi connectivity index (χ1n) is 8.30. The summed E-state index contributed by atoms with van der Waals surface area (Å²) >= 11 is 6.32. The van der Waals surface area contributed by atoms with E-state index in [1.54, 1.807) is 13.0 Å². The first kappa shape index (κ1) is 18.7. The van der Waals surface area contributed by atoms with Crippen molar-refractivity contribution in [2.24, 2.45) is 0 Å². The van der Waals surface area contributed by atoms with Crippen molar-refractivity contribution in [2.45, 2.75) is 13.8 Å². The Labute approximate surface area is 161 Å². The second-order valence-corrected chi connectivity index (χ2v) is 6.35. The number of ether oxygens (including phenoxy) is 1. The molecule has 6 nitrogen and oxygen atoms in total. The molecule has 1 heterocycles. The molecular weight excluding hydrogens is 366 g/mol. The zero-order valence-electron chi connectivity index (χ0n) is 14.9. The third-order valence-corrected chi connectivity index (χ3v) is 4.19. The van der Waals surface area contributed by atoms with Crippen LogP contribution < -0.4 is 5.32 Å². The molecule has 0 bridgehead atoms. The molecule has 0 aliphatic carbocycles. The molecule has 2 aromatic carbocycles. The monoisotopic (exact) mass is 383 g/mol. The van der Waals surface area contributed by atoms with Crippen molar-refractivity contribution in [1.82, 2.24) is 9.78 Å². The Kier molecular flexibility index (Phi) is 5.57. The number of halogens is 1. The molecule has 0 atom stereocenters. The minimum Gasteiger partial charge on any atom is -0.452 e. The molecule has 27 heavy (non-hydrogen) atoms. The van der Waals surface area contributed by atoms with Gasteiger partial charge in [0.25, 0.3) is 5.91 Å². The Morgan fingerprint density at radius 2 is 1.85 bits per heavy atom. The maximum absolute atomic E-state index is 12.4. The quantitative estimate of drug-likeness (QED) is 0.677. The summed E-state index contributed by atoms with van der Waals surface area (Å²) in [6, 6.07) is 16.5. The molecule has 0 aliphatic heterocycles. The van der Waals surface area contributed by atoms with Crippen molar-refractivity contribution < 1.29 is 14.3 Å². The van der Waals surface area contributed by atoms with E-state index in [2.05, 4.69) is 10.4 Å². The number of carbonyl (C=O) groups is 2. The van der Waals surface area contributed by atoms with E-state index >= 15 is 0 Å². The standard InChI is InChI=1S/C20H18ClN3O3/c1-13-7-6-8-15(11-13)22-17(25)12-27-20(26)18-14(2)23-24(19(18)21)16-9-4-3-5-10-16/h3-11H,12H2,1-2H3,(H,22,25). The zero-order valence-corrected chi connectivity index (χ0v) is 15.7. The fraction of sp³-hybridized carbons (Fsp3) is 0.150. The van der Waals surface area contributed by atoms with Crippen LogP contribution in [0.25, 0.3) is 5.69 Å². The normalized spacial score (nSPS) is 10.5. The Hall–Kier alpha value is -3.12. The molecule has 0 saturated carbocycles. The van der Waals surface area contributed by atoms with E-state index in [4.69, 9.17) is 16.3 Å². The molecule has 1 amide bonds.